The number of nitrogens with one attached hydrogen (secondary N) is 2. The second kappa shape index (κ2) is 8.65. The molecule has 1 aromatic heterocycles. The van der Waals surface area contributed by atoms with Gasteiger partial charge >= 0.3 is 6.03 Å². The zero-order valence-corrected chi connectivity index (χ0v) is 17.1. The highest BCUT2D eigenvalue weighted by Crippen LogP contribution is 2.30. The van der Waals surface area contributed by atoms with Gasteiger partial charge in [0, 0.05) is 36.8 Å². The van der Waals surface area contributed by atoms with Crippen LogP contribution in [0, 0.1) is 6.92 Å². The highest BCUT2D eigenvalue weighted by molar-refractivity contribution is 6.04. The Bertz CT molecular complexity index is 960. The van der Waals surface area contributed by atoms with E-state index in [0.717, 1.165) is 41.9 Å². The maximum absolute atomic E-state index is 12.7. The van der Waals surface area contributed by atoms with Gasteiger partial charge in [-0.2, -0.15) is 0 Å². The lowest BCUT2D eigenvalue weighted by Crippen LogP contribution is -2.40. The van der Waals surface area contributed by atoms with Gasteiger partial charge in [-0.25, -0.2) is 4.79 Å². The number of likely N-dealkylation sites (tertiary alicyclic amines) is 1. The Balaban J connectivity index is 1.42. The molecule has 1 aromatic carbocycles. The molecule has 156 valence electrons. The molecule has 0 radical (unpaired) electrons. The van der Waals surface area contributed by atoms with Crippen LogP contribution in [0.5, 0.6) is 0 Å². The third-order valence-corrected chi connectivity index (χ3v) is 5.78. The summed E-state index contributed by atoms with van der Waals surface area (Å²) < 4.78 is 0. The molecule has 0 spiro atoms. The quantitative estimate of drug-likeness (QED) is 0.747. The lowest BCUT2D eigenvalue weighted by atomic mass is 9.92. The molecule has 0 aliphatic carbocycles. The molecule has 2 aliphatic heterocycles. The molecule has 0 saturated carbocycles. The summed E-state index contributed by atoms with van der Waals surface area (Å²) in [5, 5.41) is 4.74. The predicted molar refractivity (Wildman–Crippen MR) is 113 cm³/mol. The number of carbonyl (C=O) groups excluding carboxylic acids is 3. The third-order valence-electron chi connectivity index (χ3n) is 5.78. The van der Waals surface area contributed by atoms with Crippen molar-refractivity contribution >= 4 is 17.8 Å². The highest BCUT2D eigenvalue weighted by Gasteiger charge is 2.31. The van der Waals surface area contributed by atoms with E-state index in [1.54, 1.807) is 0 Å². The van der Waals surface area contributed by atoms with E-state index in [1.807, 2.05) is 30.0 Å². The lowest BCUT2D eigenvalue weighted by Gasteiger charge is -2.33. The van der Waals surface area contributed by atoms with Gasteiger partial charge in [0.2, 0.25) is 5.91 Å². The Morgan fingerprint density at radius 2 is 1.97 bits per heavy atom. The second-order valence-corrected chi connectivity index (χ2v) is 8.02. The Kier molecular flexibility index (Phi) is 5.79. The van der Waals surface area contributed by atoms with Crippen LogP contribution >= 0.6 is 0 Å². The molecule has 2 fully saturated rings. The molecule has 30 heavy (non-hydrogen) atoms. The summed E-state index contributed by atoms with van der Waals surface area (Å²) in [7, 11) is 0. The molecule has 0 bridgehead atoms. The molecule has 2 N–H and O–H groups in total. The number of benzene rings is 1. The summed E-state index contributed by atoms with van der Waals surface area (Å²) in [6.07, 6.45) is 2.48. The standard InChI is InChI=1S/C23H26N4O3/c1-15-12-18(16-6-3-2-4-7-16)13-20(24-15)17-8-5-11-27(14-17)21(28)10-9-19-22(29)26-23(30)25-19/h2-4,6-7,12-13,17,19H,5,8-11,14H2,1H3,(H2,25,26,29,30)/t17-,19-/m0/s1. The summed E-state index contributed by atoms with van der Waals surface area (Å²) in [5.74, 6) is -0.147. The largest absolute Gasteiger partial charge is 0.342 e. The van der Waals surface area contributed by atoms with E-state index in [4.69, 9.17) is 4.98 Å². The minimum Gasteiger partial charge on any atom is -0.342 e. The maximum Gasteiger partial charge on any atom is 0.322 e. The average molecular weight is 406 g/mol. The van der Waals surface area contributed by atoms with Crippen LogP contribution in [-0.4, -0.2) is 46.9 Å². The Hall–Kier alpha value is -3.22. The molecule has 2 saturated heterocycles. The van der Waals surface area contributed by atoms with Crippen LogP contribution in [0.3, 0.4) is 0 Å². The molecular formula is C23H26N4O3. The summed E-state index contributed by atoms with van der Waals surface area (Å²) in [6.45, 7) is 3.35. The van der Waals surface area contributed by atoms with E-state index in [0.29, 0.717) is 13.0 Å². The molecule has 4 rings (SSSR count). The molecule has 7 heteroatoms. The average Bonchev–Trinajstić information content (AvgIpc) is 3.09. The molecule has 3 heterocycles. The fourth-order valence-corrected chi connectivity index (χ4v) is 4.23. The molecule has 0 unspecified atom stereocenters. The van der Waals surface area contributed by atoms with Crippen molar-refractivity contribution in [1.82, 2.24) is 20.5 Å². The molecule has 4 amide bonds. The maximum atomic E-state index is 12.7. The highest BCUT2D eigenvalue weighted by atomic mass is 16.2. The number of carbonyl (C=O) groups is 3. The minimum atomic E-state index is -0.617. The first-order valence-corrected chi connectivity index (χ1v) is 10.4. The van der Waals surface area contributed by atoms with Crippen LogP contribution in [0.15, 0.2) is 42.5 Å². The first-order chi connectivity index (χ1) is 14.5. The number of hydrogen-bond acceptors (Lipinski definition) is 4. The van der Waals surface area contributed by atoms with Crippen molar-refractivity contribution < 1.29 is 14.4 Å². The number of pyridine rings is 1. The fourth-order valence-electron chi connectivity index (χ4n) is 4.23. The van der Waals surface area contributed by atoms with Gasteiger partial charge in [0.15, 0.2) is 0 Å². The number of piperidine rings is 1. The van der Waals surface area contributed by atoms with Crippen molar-refractivity contribution in [3.05, 3.63) is 53.9 Å². The van der Waals surface area contributed by atoms with Gasteiger partial charge in [-0.1, -0.05) is 30.3 Å². The van der Waals surface area contributed by atoms with Gasteiger partial charge in [0.25, 0.3) is 5.91 Å². The molecule has 2 atom stereocenters. The fraction of sp³-hybridized carbons (Fsp3) is 0.391. The number of aromatic nitrogens is 1. The summed E-state index contributed by atoms with van der Waals surface area (Å²) in [6, 6.07) is 13.4. The van der Waals surface area contributed by atoms with Crippen LogP contribution < -0.4 is 10.6 Å². The van der Waals surface area contributed by atoms with Crippen molar-refractivity contribution in [2.45, 2.75) is 44.6 Å². The number of imide groups is 1. The van der Waals surface area contributed by atoms with E-state index in [-0.39, 0.29) is 24.2 Å². The first kappa shape index (κ1) is 20.1. The van der Waals surface area contributed by atoms with E-state index >= 15 is 0 Å². The zero-order valence-electron chi connectivity index (χ0n) is 17.1. The van der Waals surface area contributed by atoms with Gasteiger partial charge in [-0.15, -0.1) is 0 Å². The monoisotopic (exact) mass is 406 g/mol. The third kappa shape index (κ3) is 4.50. The van der Waals surface area contributed by atoms with Crippen LogP contribution in [0.25, 0.3) is 11.1 Å². The number of rotatable bonds is 5. The van der Waals surface area contributed by atoms with Gasteiger partial charge in [0.1, 0.15) is 6.04 Å². The first-order valence-electron chi connectivity index (χ1n) is 10.4. The Morgan fingerprint density at radius 1 is 1.17 bits per heavy atom. The number of hydrogen-bond donors (Lipinski definition) is 2. The molecule has 2 aromatic rings. The lowest BCUT2D eigenvalue weighted by molar-refractivity contribution is -0.132. The molecule has 2 aliphatic rings. The van der Waals surface area contributed by atoms with E-state index in [2.05, 4.69) is 34.9 Å². The minimum absolute atomic E-state index is 0.0181. The summed E-state index contributed by atoms with van der Waals surface area (Å²) in [4.78, 5) is 42.3. The van der Waals surface area contributed by atoms with Crippen LogP contribution in [0.2, 0.25) is 0 Å². The zero-order chi connectivity index (χ0) is 21.1. The normalized spacial score (nSPS) is 21.3. The van der Waals surface area contributed by atoms with Gasteiger partial charge in [-0.3, -0.25) is 19.9 Å². The van der Waals surface area contributed by atoms with Gasteiger partial charge in [0.05, 0.1) is 0 Å². The Morgan fingerprint density at radius 3 is 2.70 bits per heavy atom. The van der Waals surface area contributed by atoms with Crippen molar-refractivity contribution in [2.24, 2.45) is 0 Å². The van der Waals surface area contributed by atoms with Crippen molar-refractivity contribution in [1.29, 1.82) is 0 Å². The summed E-state index contributed by atoms with van der Waals surface area (Å²) in [5.41, 5.74) is 4.29. The van der Waals surface area contributed by atoms with Crippen LogP contribution in [0.4, 0.5) is 4.79 Å². The van der Waals surface area contributed by atoms with Crippen LogP contribution in [-0.2, 0) is 9.59 Å². The van der Waals surface area contributed by atoms with Crippen molar-refractivity contribution in [3.8, 4) is 11.1 Å². The number of urea groups is 1. The predicted octanol–water partition coefficient (Wildman–Crippen LogP) is 2.75. The second-order valence-electron chi connectivity index (χ2n) is 8.02. The number of amides is 4. The molecule has 7 nitrogen and oxygen atoms in total. The van der Waals surface area contributed by atoms with Crippen molar-refractivity contribution in [3.63, 3.8) is 0 Å². The van der Waals surface area contributed by atoms with Gasteiger partial charge in [-0.05, 0) is 49.4 Å². The van der Waals surface area contributed by atoms with E-state index in [1.165, 1.54) is 0 Å². The van der Waals surface area contributed by atoms with Gasteiger partial charge < -0.3 is 10.2 Å². The van der Waals surface area contributed by atoms with Crippen LogP contribution in [0.1, 0.15) is 43.0 Å². The smallest absolute Gasteiger partial charge is 0.322 e. The Labute approximate surface area is 175 Å². The summed E-state index contributed by atoms with van der Waals surface area (Å²) >= 11 is 0. The van der Waals surface area contributed by atoms with E-state index < -0.39 is 12.1 Å². The number of aryl methyl sites for hydroxylation is 1. The van der Waals surface area contributed by atoms with E-state index in [9.17, 15) is 14.4 Å². The number of nitrogens with zero attached hydrogens (tertiary/aromatic N) is 2. The molecular weight excluding hydrogens is 380 g/mol. The SMILES string of the molecule is Cc1cc(-c2ccccc2)cc([C@H]2CCCN(C(=O)CC[C@@H]3NC(=O)NC3=O)C2)n1. The van der Waals surface area contributed by atoms with Crippen molar-refractivity contribution in [2.75, 3.05) is 13.1 Å². The topological polar surface area (TPSA) is 91.4 Å².